The van der Waals surface area contributed by atoms with Crippen LogP contribution in [0.25, 0.3) is 6.08 Å². The lowest BCUT2D eigenvalue weighted by molar-refractivity contribution is -0.142. The van der Waals surface area contributed by atoms with E-state index in [2.05, 4.69) is 0 Å². The predicted octanol–water partition coefficient (Wildman–Crippen LogP) is 3.36. The molecule has 1 aliphatic heterocycles. The third-order valence-corrected chi connectivity index (χ3v) is 4.03. The molecule has 0 bridgehead atoms. The van der Waals surface area contributed by atoms with Crippen molar-refractivity contribution in [3.63, 3.8) is 0 Å². The summed E-state index contributed by atoms with van der Waals surface area (Å²) in [5.41, 5.74) is 2.69. The van der Waals surface area contributed by atoms with Crippen molar-refractivity contribution < 1.29 is 18.7 Å². The zero-order valence-electron chi connectivity index (χ0n) is 13.7. The van der Waals surface area contributed by atoms with E-state index < -0.39 is 5.97 Å². The normalized spacial score (nSPS) is 13.6. The quantitative estimate of drug-likeness (QED) is 0.634. The molecule has 25 heavy (non-hydrogen) atoms. The van der Waals surface area contributed by atoms with Gasteiger partial charge in [0.15, 0.2) is 6.61 Å². The lowest BCUT2D eigenvalue weighted by Crippen LogP contribution is -2.38. The van der Waals surface area contributed by atoms with Crippen LogP contribution in [0.2, 0.25) is 0 Å². The second kappa shape index (κ2) is 7.75. The molecule has 0 radical (unpaired) electrons. The number of hydrogen-bond acceptors (Lipinski definition) is 3. The maximum Gasteiger partial charge on any atom is 0.331 e. The van der Waals surface area contributed by atoms with E-state index in [0.717, 1.165) is 24.1 Å². The van der Waals surface area contributed by atoms with Crippen LogP contribution in [-0.4, -0.2) is 25.0 Å². The molecular formula is C20H18FNO3. The van der Waals surface area contributed by atoms with Crippen LogP contribution < -0.4 is 4.90 Å². The molecule has 128 valence electrons. The Morgan fingerprint density at radius 2 is 1.88 bits per heavy atom. The summed E-state index contributed by atoms with van der Waals surface area (Å²) in [5.74, 6) is -1.19. The van der Waals surface area contributed by atoms with Crippen molar-refractivity contribution in [2.75, 3.05) is 18.1 Å². The van der Waals surface area contributed by atoms with Gasteiger partial charge in [-0.15, -0.1) is 0 Å². The molecule has 4 nitrogen and oxygen atoms in total. The fraction of sp³-hybridized carbons (Fsp3) is 0.200. The molecule has 2 aromatic rings. The van der Waals surface area contributed by atoms with Crippen molar-refractivity contribution in [3.05, 3.63) is 71.6 Å². The minimum absolute atomic E-state index is 0.240. The molecule has 0 saturated carbocycles. The molecule has 3 rings (SSSR count). The first-order valence-electron chi connectivity index (χ1n) is 8.12. The molecule has 0 aliphatic carbocycles. The Hall–Kier alpha value is -2.95. The van der Waals surface area contributed by atoms with E-state index in [9.17, 15) is 14.0 Å². The van der Waals surface area contributed by atoms with Crippen LogP contribution in [0.3, 0.4) is 0 Å². The molecule has 0 N–H and O–H groups in total. The van der Waals surface area contributed by atoms with Crippen LogP contribution in [-0.2, 0) is 20.7 Å². The number of aryl methyl sites for hydroxylation is 1. The van der Waals surface area contributed by atoms with Gasteiger partial charge >= 0.3 is 5.97 Å². The highest BCUT2D eigenvalue weighted by Gasteiger charge is 2.22. The largest absolute Gasteiger partial charge is 0.452 e. The topological polar surface area (TPSA) is 46.6 Å². The monoisotopic (exact) mass is 339 g/mol. The van der Waals surface area contributed by atoms with Gasteiger partial charge in [0.05, 0.1) is 0 Å². The fourth-order valence-corrected chi connectivity index (χ4v) is 2.79. The Morgan fingerprint density at radius 1 is 1.12 bits per heavy atom. The van der Waals surface area contributed by atoms with Crippen LogP contribution in [0.1, 0.15) is 17.5 Å². The van der Waals surface area contributed by atoms with E-state index in [0.29, 0.717) is 12.1 Å². The van der Waals surface area contributed by atoms with Gasteiger partial charge in [-0.2, -0.15) is 0 Å². The number of hydrogen-bond donors (Lipinski definition) is 0. The van der Waals surface area contributed by atoms with Gasteiger partial charge in [0, 0.05) is 18.3 Å². The first-order chi connectivity index (χ1) is 12.1. The smallest absolute Gasteiger partial charge is 0.331 e. The molecule has 0 spiro atoms. The van der Waals surface area contributed by atoms with Gasteiger partial charge in [0.1, 0.15) is 5.82 Å². The molecule has 5 heteroatoms. The lowest BCUT2D eigenvalue weighted by atomic mass is 10.0. The second-order valence-electron chi connectivity index (χ2n) is 5.77. The minimum Gasteiger partial charge on any atom is -0.452 e. The Bertz CT molecular complexity index is 799. The Balaban J connectivity index is 1.56. The zero-order valence-corrected chi connectivity index (χ0v) is 13.7. The number of rotatable bonds is 4. The molecule has 0 fully saturated rings. The number of carbonyl (C=O) groups is 2. The van der Waals surface area contributed by atoms with Crippen molar-refractivity contribution in [2.24, 2.45) is 0 Å². The number of para-hydroxylation sites is 1. The average Bonchev–Trinajstić information content (AvgIpc) is 2.65. The van der Waals surface area contributed by atoms with Crippen LogP contribution in [0.4, 0.5) is 10.1 Å². The van der Waals surface area contributed by atoms with Gasteiger partial charge in [-0.3, -0.25) is 4.79 Å². The van der Waals surface area contributed by atoms with Crippen LogP contribution in [0, 0.1) is 5.82 Å². The van der Waals surface area contributed by atoms with Crippen molar-refractivity contribution in [1.29, 1.82) is 0 Å². The molecule has 2 aromatic carbocycles. The van der Waals surface area contributed by atoms with Gasteiger partial charge in [0.2, 0.25) is 0 Å². The lowest BCUT2D eigenvalue weighted by Gasteiger charge is -2.29. The Kier molecular flexibility index (Phi) is 5.23. The van der Waals surface area contributed by atoms with Gasteiger partial charge in [-0.25, -0.2) is 9.18 Å². The highest BCUT2D eigenvalue weighted by atomic mass is 19.1. The summed E-state index contributed by atoms with van der Waals surface area (Å²) in [5, 5.41) is 0. The van der Waals surface area contributed by atoms with E-state index in [1.165, 1.54) is 24.3 Å². The number of halogens is 1. The van der Waals surface area contributed by atoms with Crippen molar-refractivity contribution in [3.8, 4) is 0 Å². The van der Waals surface area contributed by atoms with Crippen molar-refractivity contribution in [2.45, 2.75) is 12.8 Å². The van der Waals surface area contributed by atoms with Gasteiger partial charge < -0.3 is 9.64 Å². The maximum atomic E-state index is 12.8. The van der Waals surface area contributed by atoms with E-state index in [1.54, 1.807) is 17.0 Å². The first-order valence-corrected chi connectivity index (χ1v) is 8.12. The molecule has 0 unspecified atom stereocenters. The minimum atomic E-state index is -0.608. The number of nitrogens with zero attached hydrogens (tertiary/aromatic N) is 1. The summed E-state index contributed by atoms with van der Waals surface area (Å²) in [6.45, 7) is 0.319. The molecular weight excluding hydrogens is 321 g/mol. The summed E-state index contributed by atoms with van der Waals surface area (Å²) in [7, 11) is 0. The van der Waals surface area contributed by atoms with Crippen molar-refractivity contribution in [1.82, 2.24) is 0 Å². The SMILES string of the molecule is O=C(/C=C/c1ccc(F)cc1)OCC(=O)N1CCCc2ccccc21. The van der Waals surface area contributed by atoms with E-state index in [1.807, 2.05) is 24.3 Å². The summed E-state index contributed by atoms with van der Waals surface area (Å²) < 4.78 is 17.8. The van der Waals surface area contributed by atoms with E-state index in [4.69, 9.17) is 4.74 Å². The zero-order chi connectivity index (χ0) is 17.6. The Labute approximate surface area is 145 Å². The van der Waals surface area contributed by atoms with Crippen LogP contribution in [0.15, 0.2) is 54.6 Å². The number of ether oxygens (including phenoxy) is 1. The number of esters is 1. The highest BCUT2D eigenvalue weighted by molar-refractivity contribution is 5.97. The van der Waals surface area contributed by atoms with E-state index in [-0.39, 0.29) is 18.3 Å². The van der Waals surface area contributed by atoms with Crippen LogP contribution >= 0.6 is 0 Å². The molecule has 1 heterocycles. The standard InChI is InChI=1S/C20H18FNO3/c21-17-10-7-15(8-11-17)9-12-20(24)25-14-19(23)22-13-3-5-16-4-1-2-6-18(16)22/h1-2,4,6-12H,3,5,13-14H2/b12-9+. The predicted molar refractivity (Wildman–Crippen MR) is 93.5 cm³/mol. The third-order valence-electron chi connectivity index (χ3n) is 4.03. The second-order valence-corrected chi connectivity index (χ2v) is 5.77. The van der Waals surface area contributed by atoms with E-state index >= 15 is 0 Å². The summed E-state index contributed by atoms with van der Waals surface area (Å²) in [6.07, 6.45) is 4.58. The molecule has 0 aromatic heterocycles. The number of carbonyl (C=O) groups excluding carboxylic acids is 2. The summed E-state index contributed by atoms with van der Waals surface area (Å²) >= 11 is 0. The maximum absolute atomic E-state index is 12.8. The van der Waals surface area contributed by atoms with Gasteiger partial charge in [-0.1, -0.05) is 30.3 Å². The number of benzene rings is 2. The summed E-state index contributed by atoms with van der Waals surface area (Å²) in [6, 6.07) is 13.5. The molecule has 1 aliphatic rings. The highest BCUT2D eigenvalue weighted by Crippen LogP contribution is 2.26. The fourth-order valence-electron chi connectivity index (χ4n) is 2.79. The van der Waals surface area contributed by atoms with Crippen LogP contribution in [0.5, 0.6) is 0 Å². The average molecular weight is 339 g/mol. The van der Waals surface area contributed by atoms with Crippen molar-refractivity contribution >= 4 is 23.6 Å². The molecule has 0 atom stereocenters. The molecule has 1 amide bonds. The number of fused-ring (bicyclic) bond motifs is 1. The van der Waals surface area contributed by atoms with Gasteiger partial charge in [-0.05, 0) is 48.2 Å². The Morgan fingerprint density at radius 3 is 2.68 bits per heavy atom. The first kappa shape index (κ1) is 16.9. The number of amides is 1. The third kappa shape index (κ3) is 4.32. The molecule has 0 saturated heterocycles. The number of anilines is 1. The van der Waals surface area contributed by atoms with Gasteiger partial charge in [0.25, 0.3) is 5.91 Å². The summed E-state index contributed by atoms with van der Waals surface area (Å²) in [4.78, 5) is 25.8.